The van der Waals surface area contributed by atoms with Gasteiger partial charge in [-0.15, -0.1) is 0 Å². The number of hydrogen-bond acceptors (Lipinski definition) is 4. The monoisotopic (exact) mass is 948 g/mol. The Balaban J connectivity index is 0.893. The van der Waals surface area contributed by atoms with Gasteiger partial charge in [-0.1, -0.05) is 182 Å². The van der Waals surface area contributed by atoms with E-state index in [9.17, 15) is 0 Å². The summed E-state index contributed by atoms with van der Waals surface area (Å²) in [7, 11) is 0. The molecule has 0 saturated heterocycles. The molecule has 2 heterocycles. The number of para-hydroxylation sites is 2. The van der Waals surface area contributed by atoms with E-state index in [1.54, 1.807) is 0 Å². The van der Waals surface area contributed by atoms with Gasteiger partial charge >= 0.3 is 0 Å². The maximum atomic E-state index is 7.08. The van der Waals surface area contributed by atoms with E-state index in [2.05, 4.69) is 301 Å². The SMILES string of the molecule is c1ccc(-c2ccc(N(c3ccccc3)c3ccc(-c4oc5cc6c(-c7ccccc7)c(-c7ccc(N(c8ccccc8)c8ccc(-c9ccccc9)cc8)cc7)oc6cc5c4-c4ccccc4)cc3)cc2)cc1. The summed E-state index contributed by atoms with van der Waals surface area (Å²) in [5.74, 6) is 1.61. The molecular formula is C70H48N2O2. The van der Waals surface area contributed by atoms with Crippen LogP contribution in [0.5, 0.6) is 0 Å². The summed E-state index contributed by atoms with van der Waals surface area (Å²) in [4.78, 5) is 4.59. The van der Waals surface area contributed by atoms with Crippen molar-refractivity contribution in [2.75, 3.05) is 9.80 Å². The van der Waals surface area contributed by atoms with E-state index in [0.29, 0.717) is 0 Å². The Morgan fingerprint density at radius 1 is 0.203 bits per heavy atom. The number of benzene rings is 11. The van der Waals surface area contributed by atoms with Crippen LogP contribution in [-0.2, 0) is 0 Å². The summed E-state index contributed by atoms with van der Waals surface area (Å²) in [6.45, 7) is 0. The van der Waals surface area contributed by atoms with E-state index in [0.717, 1.165) is 101 Å². The highest BCUT2D eigenvalue weighted by Gasteiger charge is 2.25. The quantitative estimate of drug-likeness (QED) is 0.122. The van der Waals surface area contributed by atoms with Crippen molar-refractivity contribution in [1.29, 1.82) is 0 Å². The molecule has 74 heavy (non-hydrogen) atoms. The first-order chi connectivity index (χ1) is 36.7. The van der Waals surface area contributed by atoms with Gasteiger partial charge in [0.2, 0.25) is 0 Å². The van der Waals surface area contributed by atoms with Crippen molar-refractivity contribution < 1.29 is 8.83 Å². The number of nitrogens with zero attached hydrogens (tertiary/aromatic N) is 2. The average Bonchev–Trinajstić information content (AvgIpc) is 4.06. The van der Waals surface area contributed by atoms with Crippen LogP contribution in [-0.4, -0.2) is 0 Å². The maximum absolute atomic E-state index is 7.08. The second kappa shape index (κ2) is 19.4. The second-order valence-corrected chi connectivity index (χ2v) is 18.5. The van der Waals surface area contributed by atoms with Crippen LogP contribution in [0.15, 0.2) is 300 Å². The third kappa shape index (κ3) is 8.40. The molecule has 0 amide bonds. The van der Waals surface area contributed by atoms with Crippen LogP contribution < -0.4 is 9.80 Å². The van der Waals surface area contributed by atoms with Gasteiger partial charge in [-0.05, 0) is 143 Å². The van der Waals surface area contributed by atoms with Gasteiger partial charge in [0.1, 0.15) is 22.7 Å². The summed E-state index contributed by atoms with van der Waals surface area (Å²) in [6.07, 6.45) is 0. The first-order valence-corrected chi connectivity index (χ1v) is 25.1. The summed E-state index contributed by atoms with van der Waals surface area (Å²) >= 11 is 0. The summed E-state index contributed by atoms with van der Waals surface area (Å²) < 4.78 is 14.2. The van der Waals surface area contributed by atoms with Crippen LogP contribution in [0.25, 0.3) is 89.1 Å². The van der Waals surface area contributed by atoms with Gasteiger partial charge in [-0.3, -0.25) is 0 Å². The first-order valence-electron chi connectivity index (χ1n) is 25.1. The van der Waals surface area contributed by atoms with Crippen LogP contribution >= 0.6 is 0 Å². The van der Waals surface area contributed by atoms with Gasteiger partial charge in [-0.2, -0.15) is 0 Å². The smallest absolute Gasteiger partial charge is 0.143 e. The Morgan fingerprint density at radius 3 is 0.730 bits per heavy atom. The highest BCUT2D eigenvalue weighted by Crippen LogP contribution is 2.48. The maximum Gasteiger partial charge on any atom is 0.143 e. The predicted octanol–water partition coefficient (Wildman–Crippen LogP) is 20.1. The Labute approximate surface area is 430 Å². The van der Waals surface area contributed by atoms with Crippen LogP contribution in [0.3, 0.4) is 0 Å². The third-order valence-corrected chi connectivity index (χ3v) is 13.9. The molecular weight excluding hydrogens is 901 g/mol. The molecule has 0 spiro atoms. The molecule has 13 aromatic rings. The molecule has 11 aromatic carbocycles. The molecule has 13 rings (SSSR count). The number of hydrogen-bond donors (Lipinski definition) is 0. The molecule has 0 radical (unpaired) electrons. The van der Waals surface area contributed by atoms with Crippen molar-refractivity contribution in [3.63, 3.8) is 0 Å². The molecule has 0 atom stereocenters. The molecule has 2 aromatic heterocycles. The topological polar surface area (TPSA) is 32.8 Å². The Hall–Kier alpha value is -9.90. The van der Waals surface area contributed by atoms with Gasteiger partial charge in [0, 0.05) is 67.2 Å². The van der Waals surface area contributed by atoms with Crippen molar-refractivity contribution in [2.24, 2.45) is 0 Å². The highest BCUT2D eigenvalue weighted by atomic mass is 16.3. The minimum atomic E-state index is 0.788. The molecule has 0 saturated carbocycles. The lowest BCUT2D eigenvalue weighted by Gasteiger charge is -2.26. The molecule has 0 fully saturated rings. The molecule has 0 aliphatic rings. The fraction of sp³-hybridized carbons (Fsp3) is 0. The zero-order valence-corrected chi connectivity index (χ0v) is 40.4. The molecule has 0 aliphatic carbocycles. The van der Waals surface area contributed by atoms with E-state index in [1.165, 1.54) is 22.3 Å². The van der Waals surface area contributed by atoms with Gasteiger partial charge in [0.15, 0.2) is 0 Å². The normalized spacial score (nSPS) is 11.2. The summed E-state index contributed by atoms with van der Waals surface area (Å²) in [6, 6.07) is 103. The van der Waals surface area contributed by atoms with Crippen LogP contribution in [0.1, 0.15) is 0 Å². The predicted molar refractivity (Wildman–Crippen MR) is 308 cm³/mol. The van der Waals surface area contributed by atoms with E-state index in [1.807, 2.05) is 0 Å². The van der Waals surface area contributed by atoms with Crippen molar-refractivity contribution in [3.05, 3.63) is 291 Å². The lowest BCUT2D eigenvalue weighted by Crippen LogP contribution is -2.09. The number of anilines is 6. The van der Waals surface area contributed by atoms with Gasteiger partial charge < -0.3 is 18.6 Å². The minimum Gasteiger partial charge on any atom is -0.455 e. The van der Waals surface area contributed by atoms with Crippen molar-refractivity contribution in [2.45, 2.75) is 0 Å². The van der Waals surface area contributed by atoms with Gasteiger partial charge in [-0.25, -0.2) is 0 Å². The van der Waals surface area contributed by atoms with Crippen molar-refractivity contribution >= 4 is 56.1 Å². The Kier molecular flexibility index (Phi) is 11.5. The molecule has 0 aliphatic heterocycles. The first kappa shape index (κ1) is 44.1. The average molecular weight is 949 g/mol. The van der Waals surface area contributed by atoms with E-state index in [-0.39, 0.29) is 0 Å². The lowest BCUT2D eigenvalue weighted by molar-refractivity contribution is 0.628. The van der Waals surface area contributed by atoms with E-state index in [4.69, 9.17) is 8.83 Å². The molecule has 0 unspecified atom stereocenters. The zero-order valence-electron chi connectivity index (χ0n) is 40.4. The van der Waals surface area contributed by atoms with Crippen molar-refractivity contribution in [1.82, 2.24) is 0 Å². The largest absolute Gasteiger partial charge is 0.455 e. The fourth-order valence-corrected chi connectivity index (χ4v) is 10.3. The lowest BCUT2D eigenvalue weighted by atomic mass is 9.96. The summed E-state index contributed by atoms with van der Waals surface area (Å²) in [5, 5.41) is 1.97. The standard InChI is InChI=1S/C70H48N2O2/c1-7-19-49(20-8-1)51-31-39-59(40-32-51)71(57-27-15-5-16-28-57)61-43-35-55(36-44-61)69-67(53-23-11-3-12-24-53)63-47-66-64(48-65(63)73-69)68(54-25-13-4-14-26-54)70(74-66)56-37-45-62(46-38-56)72(58-29-17-6-18-30-58)60-41-33-52(34-42-60)50-21-9-2-10-22-50/h1-48H. The number of fused-ring (bicyclic) bond motifs is 2. The van der Waals surface area contributed by atoms with Gasteiger partial charge in [0.05, 0.1) is 0 Å². The number of furan rings is 2. The molecule has 4 heteroatoms. The molecule has 0 N–H and O–H groups in total. The third-order valence-electron chi connectivity index (χ3n) is 13.9. The Morgan fingerprint density at radius 2 is 0.432 bits per heavy atom. The van der Waals surface area contributed by atoms with E-state index >= 15 is 0 Å². The molecule has 4 nitrogen and oxygen atoms in total. The van der Waals surface area contributed by atoms with Crippen LogP contribution in [0.4, 0.5) is 34.1 Å². The van der Waals surface area contributed by atoms with Crippen molar-refractivity contribution in [3.8, 4) is 67.2 Å². The van der Waals surface area contributed by atoms with Crippen LogP contribution in [0.2, 0.25) is 0 Å². The zero-order chi connectivity index (χ0) is 49.2. The number of rotatable bonds is 12. The minimum absolute atomic E-state index is 0.788. The second-order valence-electron chi connectivity index (χ2n) is 18.5. The highest BCUT2D eigenvalue weighted by molar-refractivity contribution is 6.11. The van der Waals surface area contributed by atoms with Gasteiger partial charge in [0.25, 0.3) is 0 Å². The Bertz CT molecular complexity index is 3720. The molecule has 350 valence electrons. The summed E-state index contributed by atoms with van der Waals surface area (Å²) in [5.41, 5.74) is 18.8. The molecule has 0 bridgehead atoms. The van der Waals surface area contributed by atoms with E-state index < -0.39 is 0 Å². The fourth-order valence-electron chi connectivity index (χ4n) is 10.3. The van der Waals surface area contributed by atoms with Crippen LogP contribution in [0, 0.1) is 0 Å².